The smallest absolute Gasteiger partial charge is 0.260 e. The summed E-state index contributed by atoms with van der Waals surface area (Å²) < 4.78 is 0. The van der Waals surface area contributed by atoms with Gasteiger partial charge in [0.2, 0.25) is 5.91 Å². The van der Waals surface area contributed by atoms with Gasteiger partial charge >= 0.3 is 0 Å². The number of hydrogen-bond acceptors (Lipinski definition) is 2. The topological polar surface area (TPSA) is 40.6 Å². The van der Waals surface area contributed by atoms with Crippen molar-refractivity contribution in [3.8, 4) is 0 Å². The zero-order chi connectivity index (χ0) is 16.6. The molecule has 0 aliphatic carbocycles. The van der Waals surface area contributed by atoms with E-state index in [4.69, 9.17) is 23.2 Å². The fourth-order valence-electron chi connectivity index (χ4n) is 2.69. The van der Waals surface area contributed by atoms with Gasteiger partial charge in [-0.1, -0.05) is 23.7 Å². The van der Waals surface area contributed by atoms with Crippen LogP contribution in [-0.4, -0.2) is 24.7 Å². The van der Waals surface area contributed by atoms with Gasteiger partial charge in [0, 0.05) is 24.4 Å². The van der Waals surface area contributed by atoms with Gasteiger partial charge in [-0.2, -0.15) is 0 Å². The Morgan fingerprint density at radius 3 is 2.48 bits per heavy atom. The molecule has 0 spiro atoms. The van der Waals surface area contributed by atoms with Crippen LogP contribution in [0.3, 0.4) is 0 Å². The van der Waals surface area contributed by atoms with Gasteiger partial charge in [-0.15, -0.1) is 11.6 Å². The fourth-order valence-corrected chi connectivity index (χ4v) is 3.03. The summed E-state index contributed by atoms with van der Waals surface area (Å²) in [6.45, 7) is 0. The number of alkyl halides is 1. The van der Waals surface area contributed by atoms with Gasteiger partial charge in [0.15, 0.2) is 0 Å². The van der Waals surface area contributed by atoms with Crippen molar-refractivity contribution >= 4 is 52.1 Å². The molecule has 0 radical (unpaired) electrons. The second-order valence-electron chi connectivity index (χ2n) is 5.18. The maximum atomic E-state index is 12.8. The molecule has 1 aliphatic heterocycles. The van der Waals surface area contributed by atoms with Gasteiger partial charge in [-0.25, -0.2) is 0 Å². The molecule has 6 heteroatoms. The molecule has 0 fully saturated rings. The summed E-state index contributed by atoms with van der Waals surface area (Å²) in [6.07, 6.45) is 0.176. The Morgan fingerprint density at radius 1 is 1.09 bits per heavy atom. The van der Waals surface area contributed by atoms with Crippen LogP contribution in [0.15, 0.2) is 42.5 Å². The van der Waals surface area contributed by atoms with Crippen LogP contribution < -0.4 is 9.80 Å². The third-order valence-corrected chi connectivity index (χ3v) is 4.20. The molecule has 0 atom stereocenters. The lowest BCUT2D eigenvalue weighted by atomic mass is 10.1. The standard InChI is InChI=1S/C17H14Cl2N2O2/c1-20-14-4-2-3-5-15(14)21(16(22)8-9-18)13-7-6-11(19)10-12(13)17(20)23/h2-7,10H,8-9H2,1H3. The predicted octanol–water partition coefficient (Wildman–Crippen LogP) is 4.22. The number of carbonyl (C=O) groups is 2. The number of benzene rings is 2. The van der Waals surface area contributed by atoms with Gasteiger partial charge in [0.05, 0.1) is 22.6 Å². The Balaban J connectivity index is 2.30. The van der Waals surface area contributed by atoms with Crippen molar-refractivity contribution in [3.63, 3.8) is 0 Å². The molecule has 23 heavy (non-hydrogen) atoms. The van der Waals surface area contributed by atoms with Gasteiger partial charge in [0.1, 0.15) is 0 Å². The summed E-state index contributed by atoms with van der Waals surface area (Å²) in [5, 5.41) is 0.446. The number of nitrogens with zero attached hydrogens (tertiary/aromatic N) is 2. The monoisotopic (exact) mass is 348 g/mol. The summed E-state index contributed by atoms with van der Waals surface area (Å²) in [5.41, 5.74) is 2.22. The van der Waals surface area contributed by atoms with Crippen molar-refractivity contribution in [3.05, 3.63) is 53.1 Å². The maximum Gasteiger partial charge on any atom is 0.260 e. The normalized spacial score (nSPS) is 13.4. The molecular weight excluding hydrogens is 335 g/mol. The van der Waals surface area contributed by atoms with E-state index in [0.29, 0.717) is 27.6 Å². The van der Waals surface area contributed by atoms with E-state index >= 15 is 0 Å². The molecule has 0 unspecified atom stereocenters. The number of rotatable bonds is 2. The molecule has 2 aromatic carbocycles. The molecule has 0 saturated heterocycles. The van der Waals surface area contributed by atoms with E-state index in [1.165, 1.54) is 4.90 Å². The molecule has 1 aliphatic rings. The predicted molar refractivity (Wildman–Crippen MR) is 93.1 cm³/mol. The number of anilines is 3. The number of hydrogen-bond donors (Lipinski definition) is 0. The minimum absolute atomic E-state index is 0.167. The first-order chi connectivity index (χ1) is 11.0. The second kappa shape index (κ2) is 6.22. The lowest BCUT2D eigenvalue weighted by Gasteiger charge is -2.24. The van der Waals surface area contributed by atoms with Gasteiger partial charge in [-0.05, 0) is 30.3 Å². The first kappa shape index (κ1) is 15.8. The molecule has 2 amide bonds. The maximum absolute atomic E-state index is 12.8. The Hall–Kier alpha value is -2.04. The van der Waals surface area contributed by atoms with E-state index < -0.39 is 0 Å². The highest BCUT2D eigenvalue weighted by atomic mass is 35.5. The number of amides is 2. The molecule has 2 aromatic rings. The third kappa shape index (κ3) is 2.69. The SMILES string of the molecule is CN1C(=O)c2cc(Cl)ccc2N(C(=O)CCCl)c2ccccc21. The van der Waals surface area contributed by atoms with Gasteiger partial charge in [0.25, 0.3) is 5.91 Å². The van der Waals surface area contributed by atoms with Crippen LogP contribution in [-0.2, 0) is 4.79 Å². The summed E-state index contributed by atoms with van der Waals surface area (Å²) in [5.74, 6) is -0.167. The Kier molecular flexibility index (Phi) is 4.28. The van der Waals surface area contributed by atoms with E-state index in [1.54, 1.807) is 30.1 Å². The van der Waals surface area contributed by atoms with Crippen LogP contribution in [0.1, 0.15) is 16.8 Å². The number of halogens is 2. The minimum atomic E-state index is -0.212. The van der Waals surface area contributed by atoms with Crippen molar-refractivity contribution in [1.29, 1.82) is 0 Å². The molecule has 118 valence electrons. The highest BCUT2D eigenvalue weighted by Gasteiger charge is 2.31. The van der Waals surface area contributed by atoms with E-state index in [1.807, 2.05) is 24.3 Å². The molecule has 0 aromatic heterocycles. The summed E-state index contributed by atoms with van der Waals surface area (Å²) in [6, 6.07) is 12.2. The molecule has 3 rings (SSSR count). The third-order valence-electron chi connectivity index (χ3n) is 3.78. The molecule has 0 saturated carbocycles. The minimum Gasteiger partial charge on any atom is -0.309 e. The van der Waals surface area contributed by atoms with Crippen molar-refractivity contribution in [2.45, 2.75) is 6.42 Å². The highest BCUT2D eigenvalue weighted by Crippen LogP contribution is 2.41. The number of fused-ring (bicyclic) bond motifs is 2. The fraction of sp³-hybridized carbons (Fsp3) is 0.176. The summed E-state index contributed by atoms with van der Waals surface area (Å²) in [7, 11) is 1.68. The first-order valence-electron chi connectivity index (χ1n) is 7.10. The van der Waals surface area contributed by atoms with E-state index in [9.17, 15) is 9.59 Å². The van der Waals surface area contributed by atoms with Crippen LogP contribution in [0.4, 0.5) is 17.1 Å². The van der Waals surface area contributed by atoms with Gasteiger partial charge in [-0.3, -0.25) is 14.5 Å². The first-order valence-corrected chi connectivity index (χ1v) is 8.01. The zero-order valence-electron chi connectivity index (χ0n) is 12.4. The molecule has 4 nitrogen and oxygen atoms in total. The number of carbonyl (C=O) groups excluding carboxylic acids is 2. The Labute approximate surface area is 144 Å². The second-order valence-corrected chi connectivity index (χ2v) is 6.00. The largest absolute Gasteiger partial charge is 0.309 e. The van der Waals surface area contributed by atoms with Gasteiger partial charge < -0.3 is 4.90 Å². The van der Waals surface area contributed by atoms with Crippen LogP contribution in [0.2, 0.25) is 5.02 Å². The molecule has 1 heterocycles. The quantitative estimate of drug-likeness (QED) is 0.762. The summed E-state index contributed by atoms with van der Waals surface area (Å²) >= 11 is 11.8. The van der Waals surface area contributed by atoms with Crippen LogP contribution in [0.25, 0.3) is 0 Å². The van der Waals surface area contributed by atoms with E-state index in [-0.39, 0.29) is 24.1 Å². The number of para-hydroxylation sites is 2. The lowest BCUT2D eigenvalue weighted by molar-refractivity contribution is -0.117. The Morgan fingerprint density at radius 2 is 1.78 bits per heavy atom. The van der Waals surface area contributed by atoms with Crippen LogP contribution >= 0.6 is 23.2 Å². The van der Waals surface area contributed by atoms with E-state index in [2.05, 4.69) is 0 Å². The van der Waals surface area contributed by atoms with Crippen molar-refractivity contribution in [2.75, 3.05) is 22.7 Å². The molecule has 0 bridgehead atoms. The van der Waals surface area contributed by atoms with Crippen molar-refractivity contribution in [2.24, 2.45) is 0 Å². The average molecular weight is 349 g/mol. The van der Waals surface area contributed by atoms with Crippen LogP contribution in [0.5, 0.6) is 0 Å². The molecular formula is C17H14Cl2N2O2. The average Bonchev–Trinajstić information content (AvgIpc) is 2.63. The van der Waals surface area contributed by atoms with E-state index in [0.717, 1.165) is 0 Å². The van der Waals surface area contributed by atoms with Crippen LogP contribution in [0, 0.1) is 0 Å². The summed E-state index contributed by atoms with van der Waals surface area (Å²) in [4.78, 5) is 28.5. The van der Waals surface area contributed by atoms with Crippen molar-refractivity contribution < 1.29 is 9.59 Å². The van der Waals surface area contributed by atoms with Crippen molar-refractivity contribution in [1.82, 2.24) is 0 Å². The highest BCUT2D eigenvalue weighted by molar-refractivity contribution is 6.31. The zero-order valence-corrected chi connectivity index (χ0v) is 13.9. The lowest BCUT2D eigenvalue weighted by Crippen LogP contribution is -2.26. The Bertz CT molecular complexity index is 792. The molecule has 0 N–H and O–H groups in total.